The van der Waals surface area contributed by atoms with Crippen LogP contribution in [0.25, 0.3) is 0 Å². The molecule has 2 heterocycles. The molecule has 6 heteroatoms. The highest BCUT2D eigenvalue weighted by Crippen LogP contribution is 2.32. The third kappa shape index (κ3) is 2.61. The van der Waals surface area contributed by atoms with Gasteiger partial charge >= 0.3 is 6.09 Å². The zero-order chi connectivity index (χ0) is 13.9. The molecule has 2 aliphatic heterocycles. The average molecular weight is 277 g/mol. The lowest BCUT2D eigenvalue weighted by Gasteiger charge is -2.40. The average Bonchev–Trinajstić information content (AvgIpc) is 2.47. The molecule has 3 rings (SSSR count). The minimum atomic E-state index is -0.841. The minimum absolute atomic E-state index is 0.315. The summed E-state index contributed by atoms with van der Waals surface area (Å²) in [5.41, 5.74) is 5.97. The first kappa shape index (κ1) is 13.0. The Kier molecular flexibility index (Phi) is 3.58. The maximum atomic E-state index is 10.9. The number of carbonyl (C=O) groups excluding carboxylic acids is 1. The van der Waals surface area contributed by atoms with Crippen LogP contribution in [0.1, 0.15) is 11.9 Å². The van der Waals surface area contributed by atoms with E-state index in [2.05, 4.69) is 0 Å². The first-order valence-corrected chi connectivity index (χ1v) is 6.34. The van der Waals surface area contributed by atoms with Gasteiger partial charge in [0, 0.05) is 5.56 Å². The Hall–Kier alpha value is -2.05. The van der Waals surface area contributed by atoms with Crippen LogP contribution in [-0.4, -0.2) is 31.0 Å². The number of fused-ring (bicyclic) bond motifs is 1. The van der Waals surface area contributed by atoms with Gasteiger partial charge in [0.2, 0.25) is 0 Å². The first-order valence-electron chi connectivity index (χ1n) is 6.34. The summed E-state index contributed by atoms with van der Waals surface area (Å²) in [5.74, 6) is 0. The van der Waals surface area contributed by atoms with E-state index in [1.807, 2.05) is 30.3 Å². The smallest absolute Gasteiger partial charge is 0.405 e. The fraction of sp³-hybridized carbons (Fsp3) is 0.357. The van der Waals surface area contributed by atoms with Crippen molar-refractivity contribution in [1.29, 1.82) is 0 Å². The van der Waals surface area contributed by atoms with Gasteiger partial charge in [0.1, 0.15) is 6.10 Å². The van der Waals surface area contributed by atoms with Crippen LogP contribution in [0.4, 0.5) is 4.79 Å². The zero-order valence-corrected chi connectivity index (χ0v) is 10.7. The Morgan fingerprint density at radius 1 is 1.30 bits per heavy atom. The van der Waals surface area contributed by atoms with E-state index >= 15 is 0 Å². The highest BCUT2D eigenvalue weighted by Gasteiger charge is 2.41. The Bertz CT molecular complexity index is 504. The molecule has 1 aromatic rings. The summed E-state index contributed by atoms with van der Waals surface area (Å²) in [7, 11) is 0. The SMILES string of the molecule is NC(=O)O[C@H]1C=CO[C@@H]2CO[C@@H](c3ccccc3)O[C@@H]12. The van der Waals surface area contributed by atoms with Crippen LogP contribution in [-0.2, 0) is 18.9 Å². The standard InChI is InChI=1S/C14H15NO5/c15-14(16)19-10-6-7-17-11-8-18-13(20-12(10)11)9-4-2-1-3-5-9/h1-7,10-13H,8H2,(H2,15,16)/t10-,11+,12-,13+/m0/s1. The van der Waals surface area contributed by atoms with E-state index in [9.17, 15) is 4.79 Å². The summed E-state index contributed by atoms with van der Waals surface area (Å²) in [6, 6.07) is 9.55. The Labute approximate surface area is 116 Å². The number of nitrogens with two attached hydrogens (primary N) is 1. The van der Waals surface area contributed by atoms with Gasteiger partial charge in [0.25, 0.3) is 0 Å². The summed E-state index contributed by atoms with van der Waals surface area (Å²) in [6.45, 7) is 0.354. The van der Waals surface area contributed by atoms with Crippen LogP contribution >= 0.6 is 0 Å². The van der Waals surface area contributed by atoms with Crippen molar-refractivity contribution >= 4 is 6.09 Å². The molecular weight excluding hydrogens is 262 g/mol. The van der Waals surface area contributed by atoms with Crippen molar-refractivity contribution in [3.8, 4) is 0 Å². The van der Waals surface area contributed by atoms with Crippen LogP contribution in [0, 0.1) is 0 Å². The zero-order valence-electron chi connectivity index (χ0n) is 10.7. The summed E-state index contributed by atoms with van der Waals surface area (Å²) < 4.78 is 21.9. The molecule has 2 N–H and O–H groups in total. The van der Waals surface area contributed by atoms with E-state index in [0.717, 1.165) is 5.56 Å². The van der Waals surface area contributed by atoms with Crippen LogP contribution in [0.2, 0.25) is 0 Å². The third-order valence-corrected chi connectivity index (χ3v) is 3.23. The van der Waals surface area contributed by atoms with Gasteiger partial charge in [0.05, 0.1) is 12.9 Å². The van der Waals surface area contributed by atoms with E-state index in [4.69, 9.17) is 24.7 Å². The lowest BCUT2D eigenvalue weighted by atomic mass is 10.0. The minimum Gasteiger partial charge on any atom is -0.493 e. The van der Waals surface area contributed by atoms with Gasteiger partial charge in [-0.05, 0) is 6.08 Å². The molecule has 0 saturated carbocycles. The molecule has 4 atom stereocenters. The molecule has 0 aromatic heterocycles. The molecule has 20 heavy (non-hydrogen) atoms. The van der Waals surface area contributed by atoms with Gasteiger partial charge < -0.3 is 24.7 Å². The largest absolute Gasteiger partial charge is 0.493 e. The van der Waals surface area contributed by atoms with E-state index in [1.165, 1.54) is 6.26 Å². The van der Waals surface area contributed by atoms with Gasteiger partial charge in [-0.15, -0.1) is 0 Å². The monoisotopic (exact) mass is 277 g/mol. The normalized spacial score (nSPS) is 32.0. The molecule has 1 aromatic carbocycles. The quantitative estimate of drug-likeness (QED) is 0.885. The molecule has 0 radical (unpaired) electrons. The second-order valence-corrected chi connectivity index (χ2v) is 4.58. The van der Waals surface area contributed by atoms with Gasteiger partial charge in [-0.3, -0.25) is 0 Å². The number of primary amides is 1. The fourth-order valence-corrected chi connectivity index (χ4v) is 2.31. The van der Waals surface area contributed by atoms with Crippen molar-refractivity contribution in [2.45, 2.75) is 24.6 Å². The lowest BCUT2D eigenvalue weighted by Crippen LogP contribution is -2.51. The van der Waals surface area contributed by atoms with E-state index in [-0.39, 0.29) is 6.10 Å². The number of benzene rings is 1. The lowest BCUT2D eigenvalue weighted by molar-refractivity contribution is -0.275. The van der Waals surface area contributed by atoms with Gasteiger partial charge in [-0.25, -0.2) is 4.79 Å². The van der Waals surface area contributed by atoms with Gasteiger partial charge in [0.15, 0.2) is 18.5 Å². The summed E-state index contributed by atoms with van der Waals surface area (Å²) in [6.07, 6.45) is 0.416. The third-order valence-electron chi connectivity index (χ3n) is 3.23. The first-order chi connectivity index (χ1) is 9.74. The van der Waals surface area contributed by atoms with Crippen molar-refractivity contribution in [3.05, 3.63) is 48.2 Å². The molecule has 0 bridgehead atoms. The Morgan fingerprint density at radius 2 is 2.10 bits per heavy atom. The van der Waals surface area contributed by atoms with Crippen LogP contribution in [0.5, 0.6) is 0 Å². The maximum absolute atomic E-state index is 10.9. The summed E-state index contributed by atoms with van der Waals surface area (Å²) in [4.78, 5) is 10.9. The van der Waals surface area contributed by atoms with Crippen molar-refractivity contribution < 1.29 is 23.7 Å². The highest BCUT2D eigenvalue weighted by molar-refractivity contribution is 5.65. The van der Waals surface area contributed by atoms with Crippen LogP contribution in [0.15, 0.2) is 42.7 Å². The second-order valence-electron chi connectivity index (χ2n) is 4.58. The van der Waals surface area contributed by atoms with Gasteiger partial charge in [-0.2, -0.15) is 0 Å². The fourth-order valence-electron chi connectivity index (χ4n) is 2.31. The Balaban J connectivity index is 1.76. The molecule has 1 amide bonds. The predicted molar refractivity (Wildman–Crippen MR) is 68.5 cm³/mol. The predicted octanol–water partition coefficient (Wildman–Crippen LogP) is 1.48. The topological polar surface area (TPSA) is 80.0 Å². The van der Waals surface area contributed by atoms with Crippen molar-refractivity contribution in [2.75, 3.05) is 6.61 Å². The number of rotatable bonds is 2. The van der Waals surface area contributed by atoms with Crippen molar-refractivity contribution in [3.63, 3.8) is 0 Å². The number of hydrogen-bond acceptors (Lipinski definition) is 5. The van der Waals surface area contributed by atoms with E-state index < -0.39 is 24.6 Å². The molecule has 106 valence electrons. The Morgan fingerprint density at radius 3 is 2.85 bits per heavy atom. The van der Waals surface area contributed by atoms with Crippen LogP contribution in [0.3, 0.4) is 0 Å². The van der Waals surface area contributed by atoms with Crippen LogP contribution < -0.4 is 5.73 Å². The molecular formula is C14H15NO5. The number of carbonyl (C=O) groups is 1. The summed E-state index contributed by atoms with van der Waals surface area (Å²) in [5, 5.41) is 0. The van der Waals surface area contributed by atoms with E-state index in [1.54, 1.807) is 6.08 Å². The van der Waals surface area contributed by atoms with E-state index in [0.29, 0.717) is 6.61 Å². The maximum Gasteiger partial charge on any atom is 0.405 e. The molecule has 2 aliphatic rings. The molecule has 0 spiro atoms. The molecule has 1 fully saturated rings. The summed E-state index contributed by atoms with van der Waals surface area (Å²) >= 11 is 0. The van der Waals surface area contributed by atoms with Crippen molar-refractivity contribution in [1.82, 2.24) is 0 Å². The number of amides is 1. The van der Waals surface area contributed by atoms with Gasteiger partial charge in [-0.1, -0.05) is 30.3 Å². The second kappa shape index (κ2) is 5.52. The molecule has 0 unspecified atom stereocenters. The number of hydrogen-bond donors (Lipinski definition) is 1. The highest BCUT2D eigenvalue weighted by atomic mass is 16.7. The van der Waals surface area contributed by atoms with Crippen molar-refractivity contribution in [2.24, 2.45) is 5.73 Å². The number of ether oxygens (including phenoxy) is 4. The molecule has 0 aliphatic carbocycles. The molecule has 6 nitrogen and oxygen atoms in total. The molecule has 1 saturated heterocycles.